The summed E-state index contributed by atoms with van der Waals surface area (Å²) >= 11 is 0. The van der Waals surface area contributed by atoms with Crippen LogP contribution in [0.4, 0.5) is 0 Å². The van der Waals surface area contributed by atoms with Gasteiger partial charge in [-0.1, -0.05) is 41.0 Å². The number of esters is 1. The van der Waals surface area contributed by atoms with Crippen molar-refractivity contribution in [2.75, 3.05) is 7.11 Å². The van der Waals surface area contributed by atoms with E-state index in [0.717, 1.165) is 36.0 Å². The van der Waals surface area contributed by atoms with Crippen LogP contribution in [0.25, 0.3) is 0 Å². The normalized spacial score (nSPS) is 38.9. The summed E-state index contributed by atoms with van der Waals surface area (Å²) in [4.78, 5) is 11.6. The molecule has 2 aliphatic rings. The van der Waals surface area contributed by atoms with Gasteiger partial charge in [0.2, 0.25) is 0 Å². The highest BCUT2D eigenvalue weighted by atomic mass is 16.5. The summed E-state index contributed by atoms with van der Waals surface area (Å²) in [6, 6.07) is 0. The molecule has 0 aromatic rings. The summed E-state index contributed by atoms with van der Waals surface area (Å²) in [5, 5.41) is 0. The zero-order valence-corrected chi connectivity index (χ0v) is 15.5. The maximum Gasteiger partial charge on any atom is 0.308 e. The summed E-state index contributed by atoms with van der Waals surface area (Å²) < 4.78 is 4.88. The molecular formula is C20H36O2. The second-order valence-corrected chi connectivity index (χ2v) is 8.89. The van der Waals surface area contributed by atoms with E-state index in [1.54, 1.807) is 0 Å². The molecule has 2 aliphatic carbocycles. The molecule has 128 valence electrons. The molecule has 0 bridgehead atoms. The van der Waals surface area contributed by atoms with Crippen molar-refractivity contribution in [1.29, 1.82) is 0 Å². The van der Waals surface area contributed by atoms with E-state index in [9.17, 15) is 4.79 Å². The van der Waals surface area contributed by atoms with Crippen LogP contribution < -0.4 is 0 Å². The fraction of sp³-hybridized carbons (Fsp3) is 0.950. The molecule has 2 heteroatoms. The summed E-state index contributed by atoms with van der Waals surface area (Å²) in [5.74, 6) is 4.18. The molecule has 0 heterocycles. The molecule has 0 amide bonds. The minimum absolute atomic E-state index is 0.0462. The average Bonchev–Trinajstić information content (AvgIpc) is 2.46. The molecule has 6 atom stereocenters. The van der Waals surface area contributed by atoms with Crippen molar-refractivity contribution in [3.05, 3.63) is 0 Å². The third-order valence-corrected chi connectivity index (χ3v) is 7.12. The maximum absolute atomic E-state index is 11.6. The first-order valence-electron chi connectivity index (χ1n) is 9.35. The van der Waals surface area contributed by atoms with Crippen LogP contribution in [0.5, 0.6) is 0 Å². The van der Waals surface area contributed by atoms with Crippen LogP contribution in [0.3, 0.4) is 0 Å². The van der Waals surface area contributed by atoms with Gasteiger partial charge in [-0.3, -0.25) is 4.79 Å². The minimum Gasteiger partial charge on any atom is -0.469 e. The molecule has 0 aliphatic heterocycles. The summed E-state index contributed by atoms with van der Waals surface area (Å²) in [6.45, 7) is 11.9. The zero-order chi connectivity index (χ0) is 16.5. The monoisotopic (exact) mass is 308 g/mol. The molecule has 0 aromatic carbocycles. The lowest BCUT2D eigenvalue weighted by molar-refractivity contribution is -0.145. The van der Waals surface area contributed by atoms with E-state index in [-0.39, 0.29) is 11.9 Å². The van der Waals surface area contributed by atoms with Gasteiger partial charge >= 0.3 is 5.97 Å². The summed E-state index contributed by atoms with van der Waals surface area (Å²) in [6.07, 6.45) is 7.77. The van der Waals surface area contributed by atoms with Crippen molar-refractivity contribution in [1.82, 2.24) is 0 Å². The number of carbonyl (C=O) groups is 1. The predicted molar refractivity (Wildman–Crippen MR) is 91.5 cm³/mol. The zero-order valence-electron chi connectivity index (χ0n) is 15.5. The largest absolute Gasteiger partial charge is 0.469 e. The standard InChI is InChI=1S/C20H36O2/c1-13(19(21)22-6)9-10-16-14(2)12-18-17(15(16)3)8-7-11-20(18,4)5/h13-18H,7-12H2,1-6H3/t13?,14-,15+,16+,17?,18?/m1/s1. The highest BCUT2D eigenvalue weighted by Gasteiger charge is 2.47. The van der Waals surface area contributed by atoms with Crippen LogP contribution >= 0.6 is 0 Å². The second kappa shape index (κ2) is 6.93. The fourth-order valence-corrected chi connectivity index (χ4v) is 5.60. The van der Waals surface area contributed by atoms with Crippen molar-refractivity contribution >= 4 is 5.97 Å². The number of fused-ring (bicyclic) bond motifs is 1. The Morgan fingerprint density at radius 3 is 2.64 bits per heavy atom. The molecule has 0 aromatic heterocycles. The van der Waals surface area contributed by atoms with Gasteiger partial charge in [-0.15, -0.1) is 0 Å². The van der Waals surface area contributed by atoms with Crippen LogP contribution in [0.15, 0.2) is 0 Å². The number of hydrogen-bond acceptors (Lipinski definition) is 2. The summed E-state index contributed by atoms with van der Waals surface area (Å²) in [5.41, 5.74) is 0.524. The van der Waals surface area contributed by atoms with Gasteiger partial charge in [0.15, 0.2) is 0 Å². The molecule has 0 N–H and O–H groups in total. The van der Waals surface area contributed by atoms with Gasteiger partial charge < -0.3 is 4.74 Å². The van der Waals surface area contributed by atoms with Gasteiger partial charge in [0, 0.05) is 0 Å². The lowest BCUT2D eigenvalue weighted by Crippen LogP contribution is -2.46. The van der Waals surface area contributed by atoms with Crippen molar-refractivity contribution < 1.29 is 9.53 Å². The lowest BCUT2D eigenvalue weighted by Gasteiger charge is -2.54. The van der Waals surface area contributed by atoms with Crippen molar-refractivity contribution in [2.24, 2.45) is 40.9 Å². The van der Waals surface area contributed by atoms with Crippen LogP contribution in [-0.4, -0.2) is 13.1 Å². The molecule has 3 unspecified atom stereocenters. The number of hydrogen-bond donors (Lipinski definition) is 0. The van der Waals surface area contributed by atoms with Crippen molar-refractivity contribution in [2.45, 2.75) is 73.1 Å². The first kappa shape index (κ1) is 17.8. The lowest BCUT2D eigenvalue weighted by atomic mass is 9.51. The van der Waals surface area contributed by atoms with E-state index in [1.807, 2.05) is 6.92 Å². The van der Waals surface area contributed by atoms with E-state index < -0.39 is 0 Å². The number of rotatable bonds is 4. The van der Waals surface area contributed by atoms with Gasteiger partial charge in [0.05, 0.1) is 13.0 Å². The number of methoxy groups -OCH3 is 1. The molecule has 0 spiro atoms. The summed E-state index contributed by atoms with van der Waals surface area (Å²) in [7, 11) is 1.50. The van der Waals surface area contributed by atoms with Crippen LogP contribution in [0.2, 0.25) is 0 Å². The van der Waals surface area contributed by atoms with E-state index >= 15 is 0 Å². The van der Waals surface area contributed by atoms with Crippen molar-refractivity contribution in [3.8, 4) is 0 Å². The quantitative estimate of drug-likeness (QED) is 0.658. The van der Waals surface area contributed by atoms with E-state index in [2.05, 4.69) is 27.7 Å². The van der Waals surface area contributed by atoms with Gasteiger partial charge in [-0.2, -0.15) is 0 Å². The predicted octanol–water partition coefficient (Wildman–Crippen LogP) is 5.31. The Labute approximate surface area is 137 Å². The Morgan fingerprint density at radius 1 is 1.32 bits per heavy atom. The molecule has 2 saturated carbocycles. The molecule has 2 nitrogen and oxygen atoms in total. The molecular weight excluding hydrogens is 272 g/mol. The van der Waals surface area contributed by atoms with Gasteiger partial charge in [-0.25, -0.2) is 0 Å². The Kier molecular flexibility index (Phi) is 5.61. The first-order chi connectivity index (χ1) is 10.3. The number of ether oxygens (including phenoxy) is 1. The average molecular weight is 309 g/mol. The second-order valence-electron chi connectivity index (χ2n) is 8.89. The number of carbonyl (C=O) groups excluding carboxylic acids is 1. The van der Waals surface area contributed by atoms with Gasteiger partial charge in [0.25, 0.3) is 0 Å². The highest BCUT2D eigenvalue weighted by molar-refractivity contribution is 5.71. The Hall–Kier alpha value is -0.530. The van der Waals surface area contributed by atoms with Crippen molar-refractivity contribution in [3.63, 3.8) is 0 Å². The van der Waals surface area contributed by atoms with Gasteiger partial charge in [-0.05, 0) is 67.1 Å². The highest BCUT2D eigenvalue weighted by Crippen LogP contribution is 2.56. The van der Waals surface area contributed by atoms with E-state index in [1.165, 1.54) is 39.2 Å². The van der Waals surface area contributed by atoms with E-state index in [4.69, 9.17) is 4.74 Å². The SMILES string of the molecule is COC(=O)C(C)CC[C@H]1[C@H](C)CC2C(CCCC2(C)C)[C@H]1C. The van der Waals surface area contributed by atoms with E-state index in [0.29, 0.717) is 5.41 Å². The van der Waals surface area contributed by atoms with Crippen LogP contribution in [-0.2, 0) is 9.53 Å². The third kappa shape index (κ3) is 3.51. The Balaban J connectivity index is 2.01. The van der Waals surface area contributed by atoms with Gasteiger partial charge in [0.1, 0.15) is 0 Å². The Bertz CT molecular complexity index is 387. The molecule has 2 rings (SSSR count). The minimum atomic E-state index is -0.0483. The van der Waals surface area contributed by atoms with Crippen LogP contribution in [0.1, 0.15) is 73.1 Å². The molecule has 2 fully saturated rings. The maximum atomic E-state index is 11.6. The topological polar surface area (TPSA) is 26.3 Å². The smallest absolute Gasteiger partial charge is 0.308 e. The molecule has 0 radical (unpaired) electrons. The molecule has 0 saturated heterocycles. The Morgan fingerprint density at radius 2 is 2.00 bits per heavy atom. The third-order valence-electron chi connectivity index (χ3n) is 7.12. The fourth-order valence-electron chi connectivity index (χ4n) is 5.60. The molecule has 22 heavy (non-hydrogen) atoms. The first-order valence-corrected chi connectivity index (χ1v) is 9.35. The van der Waals surface area contributed by atoms with Crippen LogP contribution in [0, 0.1) is 40.9 Å².